The van der Waals surface area contributed by atoms with Crippen molar-refractivity contribution in [3.63, 3.8) is 0 Å². The van der Waals surface area contributed by atoms with Crippen LogP contribution in [0.1, 0.15) is 59.8 Å². The maximum Gasteiger partial charge on any atom is 0.249 e. The molecule has 0 radical (unpaired) electrons. The molecule has 1 spiro atoms. The lowest BCUT2D eigenvalue weighted by molar-refractivity contribution is -0.156. The van der Waals surface area contributed by atoms with Crippen LogP contribution < -0.4 is 4.90 Å². The van der Waals surface area contributed by atoms with E-state index in [1.165, 1.54) is 0 Å². The Balaban J connectivity index is 1.66. The van der Waals surface area contributed by atoms with Gasteiger partial charge in [0.2, 0.25) is 17.7 Å². The molecular formula is C33H45N3O5. The van der Waals surface area contributed by atoms with Crippen molar-refractivity contribution < 1.29 is 24.2 Å². The number of aliphatic hydroxyl groups is 1. The van der Waals surface area contributed by atoms with E-state index in [1.807, 2.05) is 80.3 Å². The molecule has 0 bridgehead atoms. The van der Waals surface area contributed by atoms with Crippen molar-refractivity contribution in [2.24, 2.45) is 17.8 Å². The average Bonchev–Trinajstić information content (AvgIpc) is 3.28. The number of nitrogens with zero attached hydrogens (tertiary/aromatic N) is 3. The van der Waals surface area contributed by atoms with Crippen molar-refractivity contribution in [1.82, 2.24) is 9.80 Å². The molecule has 1 aromatic rings. The summed E-state index contributed by atoms with van der Waals surface area (Å²) in [7, 11) is 0. The SMILES string of the molecule is CCCCCN1CC=C[C@]23O[C@]4(CC)C=CCN(c5ccccc5)C(=O)[C@@H]4[C@H]2C(=O)N([C@@H](CO)[C@@H](C)CC)C3C1=O. The van der Waals surface area contributed by atoms with Gasteiger partial charge in [0, 0.05) is 25.3 Å². The monoisotopic (exact) mass is 563 g/mol. The number of carbonyl (C=O) groups excluding carboxylic acids is 3. The van der Waals surface area contributed by atoms with Gasteiger partial charge in [-0.15, -0.1) is 0 Å². The minimum atomic E-state index is -1.31. The highest BCUT2D eigenvalue weighted by Crippen LogP contribution is 2.59. The Morgan fingerprint density at radius 2 is 1.68 bits per heavy atom. The largest absolute Gasteiger partial charge is 0.394 e. The third-order valence-corrected chi connectivity index (χ3v) is 9.91. The van der Waals surface area contributed by atoms with Crippen LogP contribution in [0, 0.1) is 17.8 Å². The fourth-order valence-corrected chi connectivity index (χ4v) is 7.51. The lowest BCUT2D eigenvalue weighted by Crippen LogP contribution is -2.60. The van der Waals surface area contributed by atoms with E-state index < -0.39 is 35.1 Å². The van der Waals surface area contributed by atoms with Crippen molar-refractivity contribution in [2.75, 3.05) is 31.1 Å². The molecule has 222 valence electrons. The van der Waals surface area contributed by atoms with E-state index in [-0.39, 0.29) is 30.2 Å². The summed E-state index contributed by atoms with van der Waals surface area (Å²) in [5.74, 6) is -2.36. The molecule has 4 aliphatic heterocycles. The topological polar surface area (TPSA) is 90.4 Å². The molecule has 4 aliphatic rings. The van der Waals surface area contributed by atoms with E-state index in [2.05, 4.69) is 6.92 Å². The average molecular weight is 564 g/mol. The van der Waals surface area contributed by atoms with Crippen molar-refractivity contribution >= 4 is 23.4 Å². The Bertz CT molecular complexity index is 1200. The van der Waals surface area contributed by atoms with Gasteiger partial charge in [-0.25, -0.2) is 0 Å². The maximum absolute atomic E-state index is 14.7. The van der Waals surface area contributed by atoms with Crippen molar-refractivity contribution in [2.45, 2.75) is 83.1 Å². The molecule has 0 aromatic heterocycles. The van der Waals surface area contributed by atoms with Gasteiger partial charge in [0.25, 0.3) is 0 Å². The summed E-state index contributed by atoms with van der Waals surface area (Å²) in [6, 6.07) is 7.99. The number of aliphatic hydroxyl groups excluding tert-OH is 1. The Morgan fingerprint density at radius 3 is 2.34 bits per heavy atom. The van der Waals surface area contributed by atoms with E-state index in [1.54, 1.807) is 9.80 Å². The van der Waals surface area contributed by atoms with Crippen molar-refractivity contribution in [3.8, 4) is 0 Å². The molecule has 1 aromatic carbocycles. The molecule has 0 saturated carbocycles. The second-order valence-electron chi connectivity index (χ2n) is 12.1. The number of carbonyl (C=O) groups is 3. The zero-order valence-corrected chi connectivity index (χ0v) is 24.9. The van der Waals surface area contributed by atoms with Gasteiger partial charge in [-0.05, 0) is 30.9 Å². The van der Waals surface area contributed by atoms with Crippen LogP contribution in [0.5, 0.6) is 0 Å². The fraction of sp³-hybridized carbons (Fsp3) is 0.606. The van der Waals surface area contributed by atoms with Crippen LogP contribution in [0.4, 0.5) is 5.69 Å². The number of likely N-dealkylation sites (tertiary alicyclic amines) is 1. The van der Waals surface area contributed by atoms with Crippen LogP contribution in [0.25, 0.3) is 0 Å². The summed E-state index contributed by atoms with van der Waals surface area (Å²) in [6.07, 6.45) is 11.9. The summed E-state index contributed by atoms with van der Waals surface area (Å²) >= 11 is 0. The van der Waals surface area contributed by atoms with E-state index in [9.17, 15) is 19.5 Å². The molecule has 1 unspecified atom stereocenters. The van der Waals surface area contributed by atoms with Crippen LogP contribution >= 0.6 is 0 Å². The zero-order chi connectivity index (χ0) is 29.4. The standard InChI is InChI=1S/C33H45N3O5/c1-5-8-12-19-34-20-14-18-33-27(30(39)36(28(33)31(34)40)25(22-37)23(4)6-2)26-29(38)35(24-15-10-9-11-16-24)21-13-17-32(26,7-3)41-33/h9-11,13-18,23,25-28,37H,5-8,12,19-22H2,1-4H3/t23-,25-,26-,27-,28?,32+,33-/m0/s1. The molecule has 7 atom stereocenters. The summed E-state index contributed by atoms with van der Waals surface area (Å²) in [5, 5.41) is 10.6. The summed E-state index contributed by atoms with van der Waals surface area (Å²) in [4.78, 5) is 49.0. The number of para-hydroxylation sites is 1. The summed E-state index contributed by atoms with van der Waals surface area (Å²) in [5.41, 5.74) is -1.58. The van der Waals surface area contributed by atoms with E-state index >= 15 is 0 Å². The summed E-state index contributed by atoms with van der Waals surface area (Å²) < 4.78 is 7.07. The molecule has 41 heavy (non-hydrogen) atoms. The number of benzene rings is 1. The minimum Gasteiger partial charge on any atom is -0.394 e. The summed E-state index contributed by atoms with van der Waals surface area (Å²) in [6.45, 7) is 9.25. The second-order valence-corrected chi connectivity index (χ2v) is 12.1. The highest BCUT2D eigenvalue weighted by atomic mass is 16.5. The third kappa shape index (κ3) is 4.63. The van der Waals surface area contributed by atoms with Gasteiger partial charge in [0.15, 0.2) is 0 Å². The smallest absolute Gasteiger partial charge is 0.249 e. The molecule has 0 aliphatic carbocycles. The van der Waals surface area contributed by atoms with Crippen molar-refractivity contribution in [3.05, 3.63) is 54.6 Å². The van der Waals surface area contributed by atoms with Gasteiger partial charge >= 0.3 is 0 Å². The van der Waals surface area contributed by atoms with Gasteiger partial charge in [-0.3, -0.25) is 14.4 Å². The van der Waals surface area contributed by atoms with Gasteiger partial charge in [0.1, 0.15) is 11.6 Å². The molecule has 2 fully saturated rings. The van der Waals surface area contributed by atoms with Crippen LogP contribution in [-0.2, 0) is 19.1 Å². The zero-order valence-electron chi connectivity index (χ0n) is 24.9. The molecule has 8 nitrogen and oxygen atoms in total. The normalized spacial score (nSPS) is 32.5. The Labute approximate surface area is 244 Å². The van der Waals surface area contributed by atoms with Gasteiger partial charge in [-0.1, -0.05) is 89.5 Å². The number of rotatable bonds is 10. The second kappa shape index (κ2) is 11.7. The molecular weight excluding hydrogens is 518 g/mol. The van der Waals surface area contributed by atoms with E-state index in [0.29, 0.717) is 26.1 Å². The first-order chi connectivity index (χ1) is 19.8. The van der Waals surface area contributed by atoms with Crippen LogP contribution in [0.2, 0.25) is 0 Å². The number of unbranched alkanes of at least 4 members (excludes halogenated alkanes) is 2. The van der Waals surface area contributed by atoms with E-state index in [4.69, 9.17) is 4.74 Å². The first kappa shape index (κ1) is 29.5. The Hall–Kier alpha value is -2.97. The highest BCUT2D eigenvalue weighted by Gasteiger charge is 2.76. The van der Waals surface area contributed by atoms with E-state index in [0.717, 1.165) is 31.4 Å². The minimum absolute atomic E-state index is 0.0464. The predicted octanol–water partition coefficient (Wildman–Crippen LogP) is 3.95. The Kier molecular flexibility index (Phi) is 8.44. The number of amides is 3. The van der Waals surface area contributed by atoms with Crippen molar-refractivity contribution in [1.29, 1.82) is 0 Å². The van der Waals surface area contributed by atoms with Gasteiger partial charge in [0.05, 0.1) is 30.1 Å². The molecule has 3 amide bonds. The molecule has 1 N–H and O–H groups in total. The van der Waals surface area contributed by atoms with Gasteiger partial charge < -0.3 is 24.5 Å². The molecule has 5 rings (SSSR count). The predicted molar refractivity (Wildman–Crippen MR) is 158 cm³/mol. The van der Waals surface area contributed by atoms with Gasteiger partial charge in [-0.2, -0.15) is 0 Å². The third-order valence-electron chi connectivity index (χ3n) is 9.91. The molecule has 4 heterocycles. The first-order valence-electron chi connectivity index (χ1n) is 15.4. The number of anilines is 1. The number of hydrogen-bond acceptors (Lipinski definition) is 5. The lowest BCUT2D eigenvalue weighted by atomic mass is 9.73. The highest BCUT2D eigenvalue weighted by molar-refractivity contribution is 6.04. The van der Waals surface area contributed by atoms with Crippen LogP contribution in [-0.4, -0.2) is 82.2 Å². The maximum atomic E-state index is 14.7. The lowest BCUT2D eigenvalue weighted by Gasteiger charge is -2.42. The number of ether oxygens (including phenoxy) is 1. The van der Waals surface area contributed by atoms with Crippen LogP contribution in [0.3, 0.4) is 0 Å². The Morgan fingerprint density at radius 1 is 0.951 bits per heavy atom. The fourth-order valence-electron chi connectivity index (χ4n) is 7.51. The van der Waals surface area contributed by atoms with Crippen LogP contribution in [0.15, 0.2) is 54.6 Å². The number of hydrogen-bond donors (Lipinski definition) is 1. The molecule has 2 saturated heterocycles. The molecule has 8 heteroatoms. The first-order valence-corrected chi connectivity index (χ1v) is 15.4. The number of fused-ring (bicyclic) bond motifs is 2. The quantitative estimate of drug-likeness (QED) is 0.344.